The molecular weight excluding hydrogens is 1090 g/mol. The zero-order chi connectivity index (χ0) is 61.9. The van der Waals surface area contributed by atoms with E-state index in [4.69, 9.17) is 28.4 Å². The third kappa shape index (κ3) is 31.0. The first-order chi connectivity index (χ1) is 41.3. The average molecular weight is 1210 g/mol. The topological polar surface area (TPSA) is 307 Å². The van der Waals surface area contributed by atoms with Crippen LogP contribution >= 0.6 is 0 Å². The van der Waals surface area contributed by atoms with Crippen LogP contribution in [-0.4, -0.2) is 193 Å². The van der Waals surface area contributed by atoms with Crippen LogP contribution in [0.1, 0.15) is 206 Å². The summed E-state index contributed by atoms with van der Waals surface area (Å²) in [6.45, 7) is 1.56. The molecule has 0 aromatic carbocycles. The van der Waals surface area contributed by atoms with Crippen LogP contribution in [-0.2, 0) is 33.2 Å². The second-order valence-corrected chi connectivity index (χ2v) is 23.2. The summed E-state index contributed by atoms with van der Waals surface area (Å²) < 4.78 is 34.2. The minimum absolute atomic E-state index is 0.180. The lowest BCUT2D eigenvalue weighted by molar-refractivity contribution is -0.379. The van der Waals surface area contributed by atoms with Gasteiger partial charge in [0.15, 0.2) is 18.9 Å². The van der Waals surface area contributed by atoms with Crippen molar-refractivity contribution in [2.75, 3.05) is 26.4 Å². The molecule has 19 heteroatoms. The molecule has 3 fully saturated rings. The number of hydrogen-bond donors (Lipinski definition) is 12. The van der Waals surface area contributed by atoms with Crippen LogP contribution in [0.3, 0.4) is 0 Å². The standard InChI is InChI=1S/C66H115NO18/c1-3-5-7-9-11-13-15-17-19-20-21-22-23-24-25-26-27-28-30-31-33-35-37-39-41-43-50(71)49(67-54(72)44-42-40-38-36-34-32-29-18-16-14-12-10-8-6-4-2)48-80-64-60(78)57(75)62(52(46-69)82-64)85-66-61(79)58(76)63(53(47-70)83-66)84-65-59(77)56(74)55(73)51(45-68)81-65/h6,8,12,14,18,29,33-36,41,43,49-53,55-66,68-71,73-79H,3-5,7,9-11,13,15-17,19-28,30-32,37-40,42,44-48H2,1-2H3,(H,67,72)/b8-6-,14-12-,29-18-,35-33+,36-34-,43-41+. The van der Waals surface area contributed by atoms with Crippen molar-refractivity contribution in [3.8, 4) is 0 Å². The van der Waals surface area contributed by atoms with Crippen molar-refractivity contribution >= 4 is 5.91 Å². The summed E-state index contributed by atoms with van der Waals surface area (Å²) in [4.78, 5) is 13.3. The molecule has 12 N–H and O–H groups in total. The molecule has 3 aliphatic rings. The van der Waals surface area contributed by atoms with Gasteiger partial charge >= 0.3 is 0 Å². The van der Waals surface area contributed by atoms with Crippen molar-refractivity contribution in [2.45, 2.75) is 311 Å². The van der Waals surface area contributed by atoms with Gasteiger partial charge in [0.1, 0.15) is 73.2 Å². The maximum atomic E-state index is 13.3. The Morgan fingerprint density at radius 2 is 0.824 bits per heavy atom. The number of hydrogen-bond acceptors (Lipinski definition) is 18. The molecule has 0 saturated carbocycles. The number of carbonyl (C=O) groups is 1. The molecule has 85 heavy (non-hydrogen) atoms. The first kappa shape index (κ1) is 76.5. The third-order valence-corrected chi connectivity index (χ3v) is 16.0. The number of nitrogens with one attached hydrogen (secondary N) is 1. The SMILES string of the molecule is CC/C=C\C/C=C\C/C=C\C/C=C\CCCCC(=O)NC(COC1OC(CO)C(OC2OC(CO)C(OC3OC(CO)C(O)C(O)C3O)C(O)C2O)C(O)C1O)C(O)/C=C/CC/C=C/CCCCCCCCCCCCCCCCCCCCC. The van der Waals surface area contributed by atoms with Gasteiger partial charge in [-0.2, -0.15) is 0 Å². The molecule has 1 amide bonds. The second-order valence-electron chi connectivity index (χ2n) is 23.2. The summed E-state index contributed by atoms with van der Waals surface area (Å²) in [5.41, 5.74) is 0. The molecule has 0 radical (unpaired) electrons. The monoisotopic (exact) mass is 1210 g/mol. The Bertz CT molecular complexity index is 1830. The Balaban J connectivity index is 1.48. The minimum atomic E-state index is -1.99. The van der Waals surface area contributed by atoms with Crippen LogP contribution in [0.15, 0.2) is 72.9 Å². The molecule has 3 rings (SSSR count). The Morgan fingerprint density at radius 3 is 1.32 bits per heavy atom. The highest BCUT2D eigenvalue weighted by molar-refractivity contribution is 5.76. The fourth-order valence-corrected chi connectivity index (χ4v) is 10.7. The van der Waals surface area contributed by atoms with E-state index in [9.17, 15) is 61.0 Å². The smallest absolute Gasteiger partial charge is 0.220 e. The lowest BCUT2D eigenvalue weighted by Crippen LogP contribution is -2.66. The van der Waals surface area contributed by atoms with Crippen LogP contribution in [0, 0.1) is 0 Å². The summed E-state index contributed by atoms with van der Waals surface area (Å²) >= 11 is 0. The van der Waals surface area contributed by atoms with E-state index < -0.39 is 124 Å². The first-order valence-corrected chi connectivity index (χ1v) is 32.7. The highest BCUT2D eigenvalue weighted by atomic mass is 16.8. The molecule has 3 heterocycles. The van der Waals surface area contributed by atoms with Crippen molar-refractivity contribution in [3.05, 3.63) is 72.9 Å². The van der Waals surface area contributed by atoms with E-state index in [1.807, 2.05) is 6.08 Å². The van der Waals surface area contributed by atoms with E-state index in [0.29, 0.717) is 12.8 Å². The molecule has 19 nitrogen and oxygen atoms in total. The minimum Gasteiger partial charge on any atom is -0.394 e. The maximum Gasteiger partial charge on any atom is 0.220 e. The van der Waals surface area contributed by atoms with Crippen molar-refractivity contribution in [3.63, 3.8) is 0 Å². The Hall–Kier alpha value is -2.77. The fourth-order valence-electron chi connectivity index (χ4n) is 10.7. The number of aliphatic hydroxyl groups excluding tert-OH is 11. The molecule has 17 atom stereocenters. The molecule has 0 spiro atoms. The molecule has 3 saturated heterocycles. The molecule has 17 unspecified atom stereocenters. The van der Waals surface area contributed by atoms with Crippen LogP contribution < -0.4 is 5.32 Å². The molecule has 0 aromatic rings. The van der Waals surface area contributed by atoms with Gasteiger partial charge in [0.2, 0.25) is 5.91 Å². The van der Waals surface area contributed by atoms with Crippen molar-refractivity contribution in [2.24, 2.45) is 0 Å². The highest BCUT2D eigenvalue weighted by Gasteiger charge is 2.53. The van der Waals surface area contributed by atoms with Crippen LogP contribution in [0.4, 0.5) is 0 Å². The summed E-state index contributed by atoms with van der Waals surface area (Å²) in [5, 5.41) is 120. The van der Waals surface area contributed by atoms with Gasteiger partial charge in [-0.25, -0.2) is 0 Å². The Morgan fingerprint density at radius 1 is 0.435 bits per heavy atom. The molecule has 0 bridgehead atoms. The number of rotatable bonds is 48. The van der Waals surface area contributed by atoms with Crippen LogP contribution in [0.25, 0.3) is 0 Å². The van der Waals surface area contributed by atoms with Gasteiger partial charge in [0.05, 0.1) is 38.6 Å². The Labute approximate surface area is 508 Å². The van der Waals surface area contributed by atoms with E-state index >= 15 is 0 Å². The number of aliphatic hydroxyl groups is 11. The van der Waals surface area contributed by atoms with E-state index in [1.54, 1.807) is 6.08 Å². The first-order valence-electron chi connectivity index (χ1n) is 32.7. The van der Waals surface area contributed by atoms with Gasteiger partial charge in [-0.05, 0) is 70.6 Å². The average Bonchev–Trinajstić information content (AvgIpc) is 3.49. The number of amides is 1. The van der Waals surface area contributed by atoms with Crippen LogP contribution in [0.5, 0.6) is 0 Å². The summed E-state index contributed by atoms with van der Waals surface area (Å²) in [6.07, 6.45) is 31.8. The summed E-state index contributed by atoms with van der Waals surface area (Å²) in [5.74, 6) is -0.328. The molecule has 0 aromatic heterocycles. The zero-order valence-electron chi connectivity index (χ0n) is 51.6. The maximum absolute atomic E-state index is 13.3. The van der Waals surface area contributed by atoms with E-state index in [1.165, 1.54) is 116 Å². The lowest BCUT2D eigenvalue weighted by Gasteiger charge is -2.48. The molecular formula is C66H115NO18. The number of ether oxygens (including phenoxy) is 6. The van der Waals surface area contributed by atoms with Gasteiger partial charge in [-0.3, -0.25) is 4.79 Å². The van der Waals surface area contributed by atoms with E-state index in [2.05, 4.69) is 79.9 Å². The number of allylic oxidation sites excluding steroid dienone is 11. The molecule has 0 aliphatic carbocycles. The van der Waals surface area contributed by atoms with Crippen molar-refractivity contribution in [1.82, 2.24) is 5.32 Å². The number of carbonyl (C=O) groups excluding carboxylic acids is 1. The quantitative estimate of drug-likeness (QED) is 0.0209. The zero-order valence-corrected chi connectivity index (χ0v) is 51.6. The third-order valence-electron chi connectivity index (χ3n) is 16.0. The van der Waals surface area contributed by atoms with E-state index in [0.717, 1.165) is 57.8 Å². The Kier molecular flexibility index (Phi) is 43.3. The predicted molar refractivity (Wildman–Crippen MR) is 328 cm³/mol. The lowest BCUT2D eigenvalue weighted by atomic mass is 9.96. The summed E-state index contributed by atoms with van der Waals surface area (Å²) in [6, 6.07) is -1.02. The van der Waals surface area contributed by atoms with E-state index in [-0.39, 0.29) is 18.9 Å². The van der Waals surface area contributed by atoms with Gasteiger partial charge in [0.25, 0.3) is 0 Å². The fraction of sp³-hybridized carbons (Fsp3) is 0.803. The van der Waals surface area contributed by atoms with Gasteiger partial charge in [0, 0.05) is 6.42 Å². The normalized spacial score (nSPS) is 29.4. The second kappa shape index (κ2) is 48.1. The summed E-state index contributed by atoms with van der Waals surface area (Å²) in [7, 11) is 0. The van der Waals surface area contributed by atoms with Gasteiger partial charge < -0.3 is 89.9 Å². The number of unbranched alkanes of at least 4 members (excludes halogenated alkanes) is 22. The van der Waals surface area contributed by atoms with Crippen LogP contribution in [0.2, 0.25) is 0 Å². The predicted octanol–water partition coefficient (Wildman–Crippen LogP) is 7.38. The van der Waals surface area contributed by atoms with Crippen molar-refractivity contribution < 1.29 is 89.4 Å². The highest BCUT2D eigenvalue weighted by Crippen LogP contribution is 2.33. The molecule has 3 aliphatic heterocycles. The van der Waals surface area contributed by atoms with Gasteiger partial charge in [-0.1, -0.05) is 202 Å². The van der Waals surface area contributed by atoms with Gasteiger partial charge in [-0.15, -0.1) is 0 Å². The van der Waals surface area contributed by atoms with Crippen molar-refractivity contribution in [1.29, 1.82) is 0 Å². The molecule has 492 valence electrons. The largest absolute Gasteiger partial charge is 0.394 e.